The van der Waals surface area contributed by atoms with Crippen LogP contribution in [0, 0.1) is 5.41 Å². The van der Waals surface area contributed by atoms with Gasteiger partial charge in [0, 0.05) is 25.6 Å². The van der Waals surface area contributed by atoms with Gasteiger partial charge in [-0.25, -0.2) is 14.6 Å². The van der Waals surface area contributed by atoms with E-state index in [-0.39, 0.29) is 5.41 Å². The number of nitrogens with zero attached hydrogens (tertiary/aromatic N) is 9. The Hall–Kier alpha value is -2.62. The summed E-state index contributed by atoms with van der Waals surface area (Å²) in [5, 5.41) is 16.7. The van der Waals surface area contributed by atoms with Crippen LogP contribution in [0.5, 0.6) is 0 Å². The first kappa shape index (κ1) is 16.5. The molecule has 0 aromatic carbocycles. The monoisotopic (exact) mass is 369 g/mol. The zero-order valence-electron chi connectivity index (χ0n) is 16.0. The smallest absolute Gasteiger partial charge is 0.184 e. The lowest BCUT2D eigenvalue weighted by Crippen LogP contribution is -2.66. The maximum absolute atomic E-state index is 5.40. The average molecular weight is 369 g/mol. The maximum Gasteiger partial charge on any atom is 0.184 e. The number of fused-ring (bicyclic) bond motifs is 1. The Bertz CT molecular complexity index is 1000. The Balaban J connectivity index is 1.58. The molecule has 1 spiro atoms. The molecule has 10 heteroatoms. The van der Waals surface area contributed by atoms with Gasteiger partial charge in [-0.15, -0.1) is 10.2 Å². The molecule has 3 aromatic rings. The van der Waals surface area contributed by atoms with Crippen LogP contribution in [0.2, 0.25) is 0 Å². The van der Waals surface area contributed by atoms with E-state index >= 15 is 0 Å². The van der Waals surface area contributed by atoms with Gasteiger partial charge in [0.1, 0.15) is 5.82 Å². The van der Waals surface area contributed by atoms with E-state index in [9.17, 15) is 0 Å². The third-order valence-electron chi connectivity index (χ3n) is 5.30. The topological polar surface area (TPSA) is 99.7 Å². The number of anilines is 1. The zero-order valence-corrected chi connectivity index (χ0v) is 16.0. The Labute approximate surface area is 156 Å². The molecular weight excluding hydrogens is 346 g/mol. The van der Waals surface area contributed by atoms with Crippen molar-refractivity contribution in [1.82, 2.24) is 40.0 Å². The van der Waals surface area contributed by atoms with Crippen molar-refractivity contribution in [3.63, 3.8) is 0 Å². The fourth-order valence-electron chi connectivity index (χ4n) is 3.60. The predicted molar refractivity (Wildman–Crippen MR) is 97.4 cm³/mol. The summed E-state index contributed by atoms with van der Waals surface area (Å²) >= 11 is 0. The second kappa shape index (κ2) is 5.44. The van der Waals surface area contributed by atoms with E-state index in [1.165, 1.54) is 0 Å². The van der Waals surface area contributed by atoms with Gasteiger partial charge in [-0.2, -0.15) is 0 Å². The molecule has 0 saturated carbocycles. The summed E-state index contributed by atoms with van der Waals surface area (Å²) in [6.45, 7) is 10.4. The molecule has 3 aromatic heterocycles. The van der Waals surface area contributed by atoms with E-state index in [0.717, 1.165) is 54.8 Å². The highest BCUT2D eigenvalue weighted by Crippen LogP contribution is 2.41. The molecule has 0 unspecified atom stereocenters. The van der Waals surface area contributed by atoms with Gasteiger partial charge in [-0.3, -0.25) is 4.68 Å². The summed E-state index contributed by atoms with van der Waals surface area (Å²) in [5.41, 5.74) is 2.56. The molecule has 0 atom stereocenters. The van der Waals surface area contributed by atoms with Crippen LogP contribution in [-0.2, 0) is 23.7 Å². The van der Waals surface area contributed by atoms with Crippen LogP contribution in [0.25, 0.3) is 11.2 Å². The lowest BCUT2D eigenvalue weighted by molar-refractivity contribution is -0.127. The molecule has 0 bridgehead atoms. The van der Waals surface area contributed by atoms with Crippen molar-refractivity contribution in [3.05, 3.63) is 17.7 Å². The third-order valence-corrected chi connectivity index (χ3v) is 5.30. The minimum Gasteiger partial charge on any atom is -0.380 e. The normalized spacial score (nSPS) is 18.7. The van der Waals surface area contributed by atoms with Gasteiger partial charge in [-0.05, 0) is 0 Å². The second-order valence-electron chi connectivity index (χ2n) is 8.74. The van der Waals surface area contributed by atoms with Crippen LogP contribution in [-0.4, -0.2) is 66.3 Å². The van der Waals surface area contributed by atoms with E-state index in [0.29, 0.717) is 12.0 Å². The fourth-order valence-corrected chi connectivity index (χ4v) is 3.60. The van der Waals surface area contributed by atoms with Crippen molar-refractivity contribution in [2.75, 3.05) is 31.2 Å². The second-order valence-corrected chi connectivity index (χ2v) is 8.74. The van der Waals surface area contributed by atoms with Gasteiger partial charge in [0.15, 0.2) is 17.0 Å². The highest BCUT2D eigenvalue weighted by Gasteiger charge is 2.50. The van der Waals surface area contributed by atoms with Gasteiger partial charge in [0.25, 0.3) is 0 Å². The highest BCUT2D eigenvalue weighted by atomic mass is 16.5. The number of rotatable bonds is 3. The lowest BCUT2D eigenvalue weighted by atomic mass is 9.78. The van der Waals surface area contributed by atoms with Crippen molar-refractivity contribution < 1.29 is 4.74 Å². The van der Waals surface area contributed by atoms with E-state index in [2.05, 4.69) is 46.3 Å². The van der Waals surface area contributed by atoms with E-state index in [4.69, 9.17) is 14.7 Å². The van der Waals surface area contributed by atoms with Gasteiger partial charge in [0.05, 0.1) is 37.1 Å². The van der Waals surface area contributed by atoms with Gasteiger partial charge >= 0.3 is 0 Å². The Morgan fingerprint density at radius 2 is 1.93 bits per heavy atom. The molecule has 0 amide bonds. The van der Waals surface area contributed by atoms with Crippen molar-refractivity contribution in [2.24, 2.45) is 12.5 Å². The predicted octanol–water partition coefficient (Wildman–Crippen LogP) is 0.532. The molecule has 5 rings (SSSR count). The molecular formula is C17H23N9O. The van der Waals surface area contributed by atoms with Crippen LogP contribution in [0.3, 0.4) is 0 Å². The van der Waals surface area contributed by atoms with E-state index < -0.39 is 0 Å². The molecule has 2 fully saturated rings. The molecule has 2 aliphatic rings. The van der Waals surface area contributed by atoms with Gasteiger partial charge in [0.2, 0.25) is 0 Å². The Morgan fingerprint density at radius 3 is 2.52 bits per heavy atom. The van der Waals surface area contributed by atoms with Crippen molar-refractivity contribution in [3.8, 4) is 0 Å². The fraction of sp³-hybridized carbons (Fsp3) is 0.647. The Kier molecular flexibility index (Phi) is 3.34. The van der Waals surface area contributed by atoms with Gasteiger partial charge in [-0.1, -0.05) is 31.2 Å². The summed E-state index contributed by atoms with van der Waals surface area (Å²) < 4.78 is 8.93. The minimum absolute atomic E-state index is 0.172. The van der Waals surface area contributed by atoms with Crippen LogP contribution in [0.4, 0.5) is 5.82 Å². The van der Waals surface area contributed by atoms with E-state index in [1.807, 2.05) is 7.05 Å². The van der Waals surface area contributed by atoms with Crippen LogP contribution in [0.1, 0.15) is 32.3 Å². The average Bonchev–Trinajstić information content (AvgIpc) is 3.11. The quantitative estimate of drug-likeness (QED) is 0.659. The summed E-state index contributed by atoms with van der Waals surface area (Å²) in [6.07, 6.45) is 1.73. The molecule has 5 heterocycles. The number of ether oxygens (including phenoxy) is 1. The van der Waals surface area contributed by atoms with Crippen molar-refractivity contribution in [2.45, 2.75) is 32.7 Å². The molecule has 0 aliphatic carbocycles. The first-order chi connectivity index (χ1) is 12.8. The van der Waals surface area contributed by atoms with E-state index in [1.54, 1.807) is 15.6 Å². The summed E-state index contributed by atoms with van der Waals surface area (Å²) in [6, 6.07) is 0. The lowest BCUT2D eigenvalue weighted by Gasteiger charge is -2.55. The van der Waals surface area contributed by atoms with Crippen LogP contribution < -0.4 is 4.90 Å². The highest BCUT2D eigenvalue weighted by molar-refractivity contribution is 5.83. The molecule has 2 saturated heterocycles. The summed E-state index contributed by atoms with van der Waals surface area (Å²) in [4.78, 5) is 12.0. The first-order valence-electron chi connectivity index (χ1n) is 9.13. The minimum atomic E-state index is -0.172. The molecule has 27 heavy (non-hydrogen) atoms. The molecule has 0 N–H and O–H groups in total. The standard InChI is InChI=1S/C17H23N9O/c1-16(2,3)15-19-13(25-7-17(8-25)9-27-10-17)12-14(20-15)26(23-21-12)6-11-5-18-22-24(11)4/h5H,6-10H2,1-4H3. The number of hydrogen-bond donors (Lipinski definition) is 0. The zero-order chi connectivity index (χ0) is 18.8. The Morgan fingerprint density at radius 1 is 1.15 bits per heavy atom. The van der Waals surface area contributed by atoms with Gasteiger partial charge < -0.3 is 9.64 Å². The summed E-state index contributed by atoms with van der Waals surface area (Å²) in [7, 11) is 1.86. The maximum atomic E-state index is 5.40. The molecule has 142 valence electrons. The number of aryl methyl sites for hydroxylation is 1. The summed E-state index contributed by atoms with van der Waals surface area (Å²) in [5.74, 6) is 1.67. The van der Waals surface area contributed by atoms with Crippen molar-refractivity contribution >= 4 is 17.0 Å². The molecule has 2 aliphatic heterocycles. The first-order valence-corrected chi connectivity index (χ1v) is 9.13. The largest absolute Gasteiger partial charge is 0.380 e. The van der Waals surface area contributed by atoms with Crippen molar-refractivity contribution in [1.29, 1.82) is 0 Å². The molecule has 0 radical (unpaired) electrons. The van der Waals surface area contributed by atoms with Crippen LogP contribution in [0.15, 0.2) is 6.20 Å². The number of hydrogen-bond acceptors (Lipinski definition) is 8. The number of aromatic nitrogens is 8. The van der Waals surface area contributed by atoms with Crippen LogP contribution >= 0.6 is 0 Å². The molecule has 10 nitrogen and oxygen atoms in total. The SMILES string of the molecule is Cn1nncc1Cn1nnc2c(N3CC4(COC4)C3)nc(C(C)(C)C)nc21. The third kappa shape index (κ3) is 2.58.